The molecule has 6 fully saturated rings. The summed E-state index contributed by atoms with van der Waals surface area (Å²) in [6, 6.07) is 3.83. The number of halogens is 3. The normalized spacial score (nSPS) is 22.8. The zero-order chi connectivity index (χ0) is 43.9. The first-order valence-electron chi connectivity index (χ1n) is 22.9. The van der Waals surface area contributed by atoms with E-state index >= 15 is 0 Å². The zero-order valence-electron chi connectivity index (χ0n) is 40.8. The maximum Gasteiger partial charge on any atom is 2.00 e. The van der Waals surface area contributed by atoms with E-state index in [-0.39, 0.29) is 40.1 Å². The summed E-state index contributed by atoms with van der Waals surface area (Å²) in [6.45, 7) is 42.5. The summed E-state index contributed by atoms with van der Waals surface area (Å²) in [6.07, 6.45) is 8.55. The molecule has 0 unspecified atom stereocenters. The van der Waals surface area contributed by atoms with Gasteiger partial charge >= 0.3 is 21.1 Å². The van der Waals surface area contributed by atoms with Gasteiger partial charge in [0.1, 0.15) is 5.67 Å². The number of likely N-dealkylation sites (N-methyl/N-ethyl adjacent to an activating group) is 1. The van der Waals surface area contributed by atoms with Crippen molar-refractivity contribution in [3.63, 3.8) is 0 Å². The predicted molar refractivity (Wildman–Crippen MR) is 243 cm³/mol. The summed E-state index contributed by atoms with van der Waals surface area (Å²) < 4.78 is 37.8. The first kappa shape index (κ1) is 60.2. The van der Waals surface area contributed by atoms with Crippen molar-refractivity contribution in [3.8, 4) is 0 Å². The first-order valence-corrected chi connectivity index (χ1v) is 22.9. The average Bonchev–Trinajstić information content (AvgIpc) is 3.75. The average molecular weight is 1000 g/mol. The van der Waals surface area contributed by atoms with Crippen LogP contribution in [0.3, 0.4) is 0 Å². The Morgan fingerprint density at radius 1 is 0.431 bits per heavy atom. The number of rotatable bonds is 6. The fraction of sp³-hybridized carbons (Fsp3) is 0.957. The second kappa shape index (κ2) is 31.9. The molecule has 12 heteroatoms. The van der Waals surface area contributed by atoms with Crippen molar-refractivity contribution in [2.24, 2.45) is 0 Å². The third-order valence-corrected chi connectivity index (χ3v) is 11.6. The van der Waals surface area contributed by atoms with E-state index in [4.69, 9.17) is 0 Å². The smallest absolute Gasteiger partial charge is 0.613 e. The summed E-state index contributed by atoms with van der Waals surface area (Å²) in [7, 11) is 10.7. The summed E-state index contributed by atoms with van der Waals surface area (Å²) in [5.74, 6) is -2.43. The number of hydrogen-bond donors (Lipinski definition) is 0. The van der Waals surface area contributed by atoms with Crippen LogP contribution in [0.2, 0.25) is 0 Å². The fourth-order valence-electron chi connectivity index (χ4n) is 7.26. The largest absolute Gasteiger partial charge is 2.00 e. The molecule has 6 aliphatic rings. The SMILES string of the molecule is CC(C)N1CC(C)(F)C1.CC(C)N1CCC(F)(F)C1.CC(C)N1CCC1.CC(C)N1CCCC1.CC(C)N1CCCCC1.CC(C)N1CCN(C)CC1.[CH2-]N([CH2-])C.[W+2]. The van der Waals surface area contributed by atoms with Crippen molar-refractivity contribution < 1.29 is 34.2 Å². The molecule has 58 heavy (non-hydrogen) atoms. The van der Waals surface area contributed by atoms with Gasteiger partial charge in [-0.25, -0.2) is 13.2 Å². The summed E-state index contributed by atoms with van der Waals surface area (Å²) in [4.78, 5) is 17.9. The Balaban J connectivity index is 0. The molecule has 6 aliphatic heterocycles. The monoisotopic (exact) mass is 1000 g/mol. The van der Waals surface area contributed by atoms with Gasteiger partial charge in [-0.2, -0.15) is 0 Å². The molecule has 0 amide bonds. The van der Waals surface area contributed by atoms with E-state index in [0.29, 0.717) is 25.7 Å². The van der Waals surface area contributed by atoms with Gasteiger partial charge in [-0.1, -0.05) is 13.5 Å². The van der Waals surface area contributed by atoms with Gasteiger partial charge in [0.05, 0.1) is 6.54 Å². The van der Waals surface area contributed by atoms with Crippen LogP contribution in [-0.2, 0) is 21.1 Å². The molecule has 0 atom stereocenters. The van der Waals surface area contributed by atoms with Gasteiger partial charge in [-0.3, -0.25) is 14.7 Å². The Kier molecular flexibility index (Phi) is 33.1. The fourth-order valence-corrected chi connectivity index (χ4v) is 7.26. The van der Waals surface area contributed by atoms with Crippen molar-refractivity contribution in [1.29, 1.82) is 0 Å². The molecule has 348 valence electrons. The molecular formula is C46H97F3N8W. The van der Waals surface area contributed by atoms with E-state index in [9.17, 15) is 13.2 Å². The van der Waals surface area contributed by atoms with Crippen molar-refractivity contribution in [2.45, 2.75) is 183 Å². The van der Waals surface area contributed by atoms with E-state index in [0.717, 1.165) is 24.2 Å². The van der Waals surface area contributed by atoms with Crippen molar-refractivity contribution in [1.82, 2.24) is 39.2 Å². The van der Waals surface area contributed by atoms with Crippen LogP contribution in [0.4, 0.5) is 13.2 Å². The maximum atomic E-state index is 12.8. The quantitative estimate of drug-likeness (QED) is 0.244. The molecule has 6 saturated heterocycles. The number of alkyl halides is 3. The Bertz CT molecular complexity index is 934. The Hall–Kier alpha value is 0.158. The molecule has 0 bridgehead atoms. The van der Waals surface area contributed by atoms with Crippen LogP contribution in [-0.4, -0.2) is 193 Å². The van der Waals surface area contributed by atoms with Gasteiger partial charge in [0.2, 0.25) is 0 Å². The van der Waals surface area contributed by atoms with Crippen LogP contribution in [0.1, 0.15) is 135 Å². The third kappa shape index (κ3) is 29.5. The molecule has 8 nitrogen and oxygen atoms in total. The Morgan fingerprint density at radius 2 is 0.724 bits per heavy atom. The minimum Gasteiger partial charge on any atom is -0.613 e. The molecule has 0 N–H and O–H groups in total. The molecule has 0 aliphatic carbocycles. The van der Waals surface area contributed by atoms with E-state index < -0.39 is 11.6 Å². The van der Waals surface area contributed by atoms with E-state index in [2.05, 4.69) is 120 Å². The summed E-state index contributed by atoms with van der Waals surface area (Å²) >= 11 is 0. The van der Waals surface area contributed by atoms with Gasteiger partial charge in [-0.05, 0) is 168 Å². The minimum atomic E-state index is -2.43. The van der Waals surface area contributed by atoms with Gasteiger partial charge in [0.15, 0.2) is 0 Å². The first-order chi connectivity index (χ1) is 26.4. The van der Waals surface area contributed by atoms with Crippen LogP contribution in [0.15, 0.2) is 0 Å². The molecule has 0 spiro atoms. The molecular weight excluding hydrogens is 905 g/mol. The molecule has 6 rings (SSSR count). The standard InChI is InChI=1S/C8H18N2.C8H17N.C7H13F2N.C7H14FN.C7H15N.C6H13N.C3H7N.W/c1-8(2)10-6-4-9(3)5-7-10;1-8(2)9-6-4-3-5-7-9;1-6(2)10-4-3-7(8,9)5-10;1-6(2)9-4-7(3,8)5-9;1-7(2)8-5-3-4-6-8;1-6(2)7-4-3-5-7;1-4(2)3;/h8H,4-7H2,1-3H3;8H,3-7H2,1-2H3;6H,3-5H2,1-2H3;6H,4-5H2,1-3H3;7H,3-6H2,1-2H3;6H,3-5H2,1-2H3;1-2H2,3H3;/q;;;;;;-2;+2. The van der Waals surface area contributed by atoms with E-state index in [1.165, 1.54) is 109 Å². The molecule has 0 saturated carbocycles. The van der Waals surface area contributed by atoms with Crippen LogP contribution >= 0.6 is 0 Å². The van der Waals surface area contributed by atoms with Gasteiger partial charge in [-0.15, -0.1) is 0 Å². The molecule has 0 radical (unpaired) electrons. The van der Waals surface area contributed by atoms with E-state index in [1.54, 1.807) is 18.9 Å². The van der Waals surface area contributed by atoms with Crippen LogP contribution in [0, 0.1) is 14.1 Å². The van der Waals surface area contributed by atoms with Gasteiger partial charge < -0.3 is 38.6 Å². The number of piperazine rings is 1. The second-order valence-electron chi connectivity index (χ2n) is 19.4. The van der Waals surface area contributed by atoms with Crippen LogP contribution < -0.4 is 0 Å². The number of likely N-dealkylation sites (tertiary alicyclic amines) is 5. The predicted octanol–water partition coefficient (Wildman–Crippen LogP) is 8.79. The van der Waals surface area contributed by atoms with Crippen LogP contribution in [0.5, 0.6) is 0 Å². The number of hydrogen-bond acceptors (Lipinski definition) is 8. The number of nitrogens with zero attached hydrogens (tertiary/aromatic N) is 8. The zero-order valence-corrected chi connectivity index (χ0v) is 43.8. The Labute approximate surface area is 374 Å². The van der Waals surface area contributed by atoms with Gasteiger partial charge in [0.25, 0.3) is 5.92 Å². The molecule has 0 aromatic carbocycles. The topological polar surface area (TPSA) is 25.9 Å². The third-order valence-electron chi connectivity index (χ3n) is 11.6. The Morgan fingerprint density at radius 3 is 0.914 bits per heavy atom. The molecule has 6 heterocycles. The maximum absolute atomic E-state index is 12.8. The summed E-state index contributed by atoms with van der Waals surface area (Å²) in [5, 5.41) is 0. The van der Waals surface area contributed by atoms with Gasteiger partial charge in [0, 0.05) is 88.5 Å². The molecule has 0 aromatic heterocycles. The van der Waals surface area contributed by atoms with Crippen LogP contribution in [0.25, 0.3) is 0 Å². The van der Waals surface area contributed by atoms with Crippen molar-refractivity contribution >= 4 is 0 Å². The number of piperidine rings is 1. The summed E-state index contributed by atoms with van der Waals surface area (Å²) in [5.41, 5.74) is -0.899. The van der Waals surface area contributed by atoms with E-state index in [1.807, 2.05) is 13.8 Å². The minimum absolute atomic E-state index is 0. The molecule has 0 aromatic rings. The van der Waals surface area contributed by atoms with Crippen molar-refractivity contribution in [3.05, 3.63) is 14.1 Å². The van der Waals surface area contributed by atoms with Crippen molar-refractivity contribution in [2.75, 3.05) is 106 Å². The second-order valence-corrected chi connectivity index (χ2v) is 19.4.